The fourth-order valence-corrected chi connectivity index (χ4v) is 3.40. The highest BCUT2D eigenvalue weighted by Crippen LogP contribution is 2.34. The summed E-state index contributed by atoms with van der Waals surface area (Å²) in [6.45, 7) is 2.49. The van der Waals surface area contributed by atoms with E-state index in [0.29, 0.717) is 22.9 Å². The van der Waals surface area contributed by atoms with Crippen molar-refractivity contribution in [2.24, 2.45) is 0 Å². The summed E-state index contributed by atoms with van der Waals surface area (Å²) in [6, 6.07) is 10.7. The number of likely N-dealkylation sites (tertiary alicyclic amines) is 1. The fourth-order valence-electron chi connectivity index (χ4n) is 3.17. The number of hydrogen-bond donors (Lipinski definition) is 0. The number of halogens is 1. The fraction of sp³-hybridized carbons (Fsp3) is 0.278. The molecule has 0 unspecified atom stereocenters. The Bertz CT molecular complexity index is 918. The van der Waals surface area contributed by atoms with Crippen molar-refractivity contribution in [3.8, 4) is 11.3 Å². The van der Waals surface area contributed by atoms with Crippen molar-refractivity contribution in [3.63, 3.8) is 0 Å². The summed E-state index contributed by atoms with van der Waals surface area (Å²) in [6.07, 6.45) is 1.77. The highest BCUT2D eigenvalue weighted by molar-refractivity contribution is 6.33. The van der Waals surface area contributed by atoms with Crippen molar-refractivity contribution in [1.29, 1.82) is 0 Å². The Balaban J connectivity index is 1.60. The first-order valence-electron chi connectivity index (χ1n) is 8.09. The molecule has 3 heterocycles. The van der Waals surface area contributed by atoms with Crippen LogP contribution in [0.1, 0.15) is 40.8 Å². The average Bonchev–Trinajstić information content (AvgIpc) is 3.34. The van der Waals surface area contributed by atoms with Gasteiger partial charge in [0.1, 0.15) is 11.5 Å². The van der Waals surface area contributed by atoms with Crippen LogP contribution in [0.5, 0.6) is 0 Å². The van der Waals surface area contributed by atoms with Crippen molar-refractivity contribution in [2.75, 3.05) is 6.54 Å². The molecular formula is C18H16ClN3O3. The van der Waals surface area contributed by atoms with E-state index in [1.54, 1.807) is 17.0 Å². The Labute approximate surface area is 149 Å². The van der Waals surface area contributed by atoms with Gasteiger partial charge in [0.25, 0.3) is 5.91 Å². The molecule has 6 nitrogen and oxygen atoms in total. The van der Waals surface area contributed by atoms with Crippen LogP contribution < -0.4 is 0 Å². The molecule has 128 valence electrons. The van der Waals surface area contributed by atoms with E-state index in [0.717, 1.165) is 24.3 Å². The first kappa shape index (κ1) is 15.9. The zero-order valence-electron chi connectivity index (χ0n) is 13.6. The lowest BCUT2D eigenvalue weighted by molar-refractivity contribution is 0.0720. The second kappa shape index (κ2) is 6.37. The molecule has 3 aromatic rings. The third-order valence-corrected chi connectivity index (χ3v) is 4.70. The monoisotopic (exact) mass is 357 g/mol. The largest absolute Gasteiger partial charge is 0.361 e. The summed E-state index contributed by atoms with van der Waals surface area (Å²) in [5.74, 6) is 1.03. The predicted octanol–water partition coefficient (Wildman–Crippen LogP) is 4.27. The van der Waals surface area contributed by atoms with Gasteiger partial charge in [-0.05, 0) is 31.9 Å². The number of amides is 1. The number of benzene rings is 1. The maximum Gasteiger partial charge on any atom is 0.276 e. The average molecular weight is 358 g/mol. The van der Waals surface area contributed by atoms with Gasteiger partial charge in [-0.3, -0.25) is 4.79 Å². The number of aromatic nitrogens is 2. The summed E-state index contributed by atoms with van der Waals surface area (Å²) in [5.41, 5.74) is 1.75. The van der Waals surface area contributed by atoms with Gasteiger partial charge in [-0.15, -0.1) is 0 Å². The minimum atomic E-state index is -0.176. The van der Waals surface area contributed by atoms with Gasteiger partial charge in [-0.2, -0.15) is 0 Å². The van der Waals surface area contributed by atoms with Crippen molar-refractivity contribution < 1.29 is 13.8 Å². The zero-order chi connectivity index (χ0) is 17.4. The van der Waals surface area contributed by atoms with Crippen molar-refractivity contribution in [3.05, 3.63) is 58.6 Å². The Morgan fingerprint density at radius 1 is 1.24 bits per heavy atom. The third kappa shape index (κ3) is 2.93. The molecule has 0 N–H and O–H groups in total. The summed E-state index contributed by atoms with van der Waals surface area (Å²) >= 11 is 6.18. The molecule has 7 heteroatoms. The number of nitrogens with zero attached hydrogens (tertiary/aromatic N) is 3. The van der Waals surface area contributed by atoms with Crippen molar-refractivity contribution >= 4 is 17.5 Å². The smallest absolute Gasteiger partial charge is 0.276 e. The minimum absolute atomic E-state index is 0.0922. The highest BCUT2D eigenvalue weighted by atomic mass is 35.5. The molecule has 0 aliphatic carbocycles. The van der Waals surface area contributed by atoms with Crippen LogP contribution in [-0.2, 0) is 0 Å². The first-order chi connectivity index (χ1) is 12.1. The van der Waals surface area contributed by atoms with Gasteiger partial charge in [0.2, 0.25) is 0 Å². The van der Waals surface area contributed by atoms with Gasteiger partial charge < -0.3 is 13.9 Å². The Hall–Kier alpha value is -2.60. The summed E-state index contributed by atoms with van der Waals surface area (Å²) in [4.78, 5) is 14.6. The van der Waals surface area contributed by atoms with Crippen LogP contribution in [0.25, 0.3) is 11.3 Å². The molecule has 0 spiro atoms. The lowest BCUT2D eigenvalue weighted by atomic mass is 10.1. The zero-order valence-corrected chi connectivity index (χ0v) is 14.4. The quantitative estimate of drug-likeness (QED) is 0.700. The van der Waals surface area contributed by atoms with Crippen molar-refractivity contribution in [1.82, 2.24) is 15.2 Å². The maximum atomic E-state index is 12.9. The van der Waals surface area contributed by atoms with Gasteiger partial charge in [0.05, 0.1) is 11.1 Å². The summed E-state index contributed by atoms with van der Waals surface area (Å²) in [7, 11) is 0. The second-order valence-electron chi connectivity index (χ2n) is 6.08. The molecule has 2 aromatic heterocycles. The Morgan fingerprint density at radius 2 is 2.08 bits per heavy atom. The van der Waals surface area contributed by atoms with E-state index in [9.17, 15) is 4.79 Å². The van der Waals surface area contributed by atoms with Crippen LogP contribution in [-0.4, -0.2) is 27.7 Å². The van der Waals surface area contributed by atoms with Crippen LogP contribution in [0.4, 0.5) is 0 Å². The van der Waals surface area contributed by atoms with Gasteiger partial charge in [0.15, 0.2) is 11.5 Å². The van der Waals surface area contributed by atoms with Crippen LogP contribution >= 0.6 is 11.6 Å². The number of aryl methyl sites for hydroxylation is 1. The number of rotatable bonds is 3. The maximum absolute atomic E-state index is 12.9. The third-order valence-electron chi connectivity index (χ3n) is 4.37. The van der Waals surface area contributed by atoms with E-state index in [-0.39, 0.29) is 17.6 Å². The Kier molecular flexibility index (Phi) is 4.05. The van der Waals surface area contributed by atoms with Gasteiger partial charge >= 0.3 is 0 Å². The molecule has 0 bridgehead atoms. The number of hydrogen-bond acceptors (Lipinski definition) is 5. The van der Waals surface area contributed by atoms with Crippen LogP contribution in [0.3, 0.4) is 0 Å². The standard InChI is InChI=1S/C18H16ClN3O3/c1-11-9-14(20-24-11)16-7-4-8-22(16)18(23)15-10-17(25-21-15)12-5-2-3-6-13(12)19/h2-3,5-6,9-10,16H,4,7-8H2,1H3/t16-/m0/s1. The van der Waals surface area contributed by atoms with Crippen LogP contribution in [0.2, 0.25) is 5.02 Å². The van der Waals surface area contributed by atoms with Gasteiger partial charge in [-0.25, -0.2) is 0 Å². The van der Waals surface area contributed by atoms with E-state index >= 15 is 0 Å². The molecule has 1 fully saturated rings. The molecule has 4 rings (SSSR count). The summed E-state index contributed by atoms with van der Waals surface area (Å²) < 4.78 is 10.5. The lowest BCUT2D eigenvalue weighted by Crippen LogP contribution is -2.30. The highest BCUT2D eigenvalue weighted by Gasteiger charge is 2.34. The van der Waals surface area contributed by atoms with E-state index in [1.165, 1.54) is 0 Å². The van der Waals surface area contributed by atoms with Crippen molar-refractivity contribution in [2.45, 2.75) is 25.8 Å². The lowest BCUT2D eigenvalue weighted by Gasteiger charge is -2.21. The molecule has 1 atom stereocenters. The normalized spacial score (nSPS) is 17.2. The van der Waals surface area contributed by atoms with E-state index < -0.39 is 0 Å². The Morgan fingerprint density at radius 3 is 2.84 bits per heavy atom. The molecule has 1 amide bonds. The number of carbonyl (C=O) groups excluding carboxylic acids is 1. The molecule has 1 saturated heterocycles. The molecule has 0 saturated carbocycles. The molecule has 1 aliphatic heterocycles. The summed E-state index contributed by atoms with van der Waals surface area (Å²) in [5, 5.41) is 8.55. The van der Waals surface area contributed by atoms with Crippen LogP contribution in [0, 0.1) is 6.92 Å². The predicted molar refractivity (Wildman–Crippen MR) is 91.2 cm³/mol. The minimum Gasteiger partial charge on any atom is -0.361 e. The molecular weight excluding hydrogens is 342 g/mol. The van der Waals surface area contributed by atoms with E-state index in [4.69, 9.17) is 20.6 Å². The van der Waals surface area contributed by atoms with Gasteiger partial charge in [0, 0.05) is 24.2 Å². The first-order valence-corrected chi connectivity index (χ1v) is 8.47. The second-order valence-corrected chi connectivity index (χ2v) is 6.48. The molecule has 1 aromatic carbocycles. The van der Waals surface area contributed by atoms with Gasteiger partial charge in [-0.1, -0.05) is 34.0 Å². The van der Waals surface area contributed by atoms with E-state index in [1.807, 2.05) is 31.2 Å². The topological polar surface area (TPSA) is 72.4 Å². The molecule has 25 heavy (non-hydrogen) atoms. The number of carbonyl (C=O) groups is 1. The van der Waals surface area contributed by atoms with Crippen LogP contribution in [0.15, 0.2) is 45.4 Å². The molecule has 1 aliphatic rings. The molecule has 0 radical (unpaired) electrons. The SMILES string of the molecule is Cc1cc([C@@H]2CCCN2C(=O)c2cc(-c3ccccc3Cl)on2)no1. The van der Waals surface area contributed by atoms with E-state index in [2.05, 4.69) is 10.3 Å².